The number of hydrazone groups is 1. The molecule has 0 radical (unpaired) electrons. The molecule has 1 N–H and O–H groups in total. The number of carbonyl (C=O) groups is 1. The Bertz CT molecular complexity index is 1270. The standard InChI is InChI=1S/C28H23FN2O2/c1-20(24-11-5-7-13-26(24)29)30-31-28(32)23-17-15-21(16-18-23)19-33-27-14-8-6-12-25(27)22-9-3-2-4-10-22/h2-18H,19H2,1H3,(H,31,32)/b30-20+. The molecule has 0 fully saturated rings. The molecule has 0 aromatic heterocycles. The van der Waals surface area contributed by atoms with Crippen LogP contribution in [0.15, 0.2) is 108 Å². The molecular weight excluding hydrogens is 415 g/mol. The summed E-state index contributed by atoms with van der Waals surface area (Å²) in [6, 6.07) is 31.4. The number of nitrogens with one attached hydrogen (secondary N) is 1. The molecule has 0 heterocycles. The topological polar surface area (TPSA) is 50.7 Å². The Morgan fingerprint density at radius 1 is 0.848 bits per heavy atom. The number of rotatable bonds is 7. The average Bonchev–Trinajstić information content (AvgIpc) is 2.87. The zero-order valence-corrected chi connectivity index (χ0v) is 18.2. The van der Waals surface area contributed by atoms with Gasteiger partial charge in [-0.05, 0) is 42.3 Å². The molecule has 0 aliphatic carbocycles. The highest BCUT2D eigenvalue weighted by Gasteiger charge is 2.09. The number of benzene rings is 4. The zero-order chi connectivity index (χ0) is 23.0. The Kier molecular flexibility index (Phi) is 6.90. The van der Waals surface area contributed by atoms with Crippen LogP contribution in [0.3, 0.4) is 0 Å². The first kappa shape index (κ1) is 22.0. The third kappa shape index (κ3) is 5.52. The van der Waals surface area contributed by atoms with E-state index in [1.165, 1.54) is 6.07 Å². The Morgan fingerprint density at radius 3 is 2.27 bits per heavy atom. The molecule has 0 saturated heterocycles. The van der Waals surface area contributed by atoms with Crippen molar-refractivity contribution < 1.29 is 13.9 Å². The molecule has 0 bridgehead atoms. The van der Waals surface area contributed by atoms with Crippen molar-refractivity contribution in [2.75, 3.05) is 0 Å². The first-order chi connectivity index (χ1) is 16.1. The first-order valence-electron chi connectivity index (χ1n) is 10.6. The van der Waals surface area contributed by atoms with E-state index in [0.29, 0.717) is 23.4 Å². The summed E-state index contributed by atoms with van der Waals surface area (Å²) in [7, 11) is 0. The Morgan fingerprint density at radius 2 is 1.52 bits per heavy atom. The lowest BCUT2D eigenvalue weighted by Crippen LogP contribution is -2.19. The summed E-state index contributed by atoms with van der Waals surface area (Å²) in [5.74, 6) is 0.0437. The fourth-order valence-electron chi connectivity index (χ4n) is 3.38. The summed E-state index contributed by atoms with van der Waals surface area (Å²) in [5.41, 5.74) is 6.72. The van der Waals surface area contributed by atoms with Crippen LogP contribution in [-0.2, 0) is 6.61 Å². The maximum atomic E-state index is 13.8. The summed E-state index contributed by atoms with van der Waals surface area (Å²) >= 11 is 0. The molecule has 5 heteroatoms. The van der Waals surface area contributed by atoms with Crippen molar-refractivity contribution >= 4 is 11.6 Å². The number of carbonyl (C=O) groups excluding carboxylic acids is 1. The fourth-order valence-corrected chi connectivity index (χ4v) is 3.38. The van der Waals surface area contributed by atoms with Crippen molar-refractivity contribution in [1.29, 1.82) is 0 Å². The molecule has 4 aromatic carbocycles. The molecule has 0 aliphatic rings. The minimum absolute atomic E-state index is 0.348. The SMILES string of the molecule is C/C(=N\NC(=O)c1ccc(COc2ccccc2-c2ccccc2)cc1)c1ccccc1F. The smallest absolute Gasteiger partial charge is 0.271 e. The molecule has 1 amide bonds. The maximum Gasteiger partial charge on any atom is 0.271 e. The summed E-state index contributed by atoms with van der Waals surface area (Å²) < 4.78 is 19.9. The summed E-state index contributed by atoms with van der Waals surface area (Å²) in [5, 5.41) is 4.02. The van der Waals surface area contributed by atoms with Crippen LogP contribution in [0, 0.1) is 5.82 Å². The highest BCUT2D eigenvalue weighted by atomic mass is 19.1. The van der Waals surface area contributed by atoms with Gasteiger partial charge in [0.2, 0.25) is 0 Å². The molecule has 0 atom stereocenters. The van der Waals surface area contributed by atoms with Gasteiger partial charge >= 0.3 is 0 Å². The molecular formula is C28H23FN2O2. The van der Waals surface area contributed by atoms with Crippen LogP contribution in [0.1, 0.15) is 28.4 Å². The second-order valence-corrected chi connectivity index (χ2v) is 7.47. The minimum Gasteiger partial charge on any atom is -0.488 e. The van der Waals surface area contributed by atoms with Gasteiger partial charge in [-0.15, -0.1) is 0 Å². The van der Waals surface area contributed by atoms with Gasteiger partial charge in [-0.1, -0.05) is 78.9 Å². The molecule has 4 nitrogen and oxygen atoms in total. The van der Waals surface area contributed by atoms with E-state index in [9.17, 15) is 9.18 Å². The van der Waals surface area contributed by atoms with Crippen molar-refractivity contribution in [1.82, 2.24) is 5.43 Å². The number of ether oxygens (including phenoxy) is 1. The number of halogens is 1. The third-order valence-corrected chi connectivity index (χ3v) is 5.17. The van der Waals surface area contributed by atoms with Gasteiger partial charge < -0.3 is 4.74 Å². The lowest BCUT2D eigenvalue weighted by Gasteiger charge is -2.12. The summed E-state index contributed by atoms with van der Waals surface area (Å²) in [6.07, 6.45) is 0. The van der Waals surface area contributed by atoms with E-state index < -0.39 is 0 Å². The van der Waals surface area contributed by atoms with Gasteiger partial charge in [0.15, 0.2) is 0 Å². The molecule has 0 aliphatic heterocycles. The van der Waals surface area contributed by atoms with E-state index in [1.807, 2.05) is 66.7 Å². The van der Waals surface area contributed by atoms with Gasteiger partial charge in [-0.25, -0.2) is 9.82 Å². The van der Waals surface area contributed by atoms with Crippen LogP contribution >= 0.6 is 0 Å². The van der Waals surface area contributed by atoms with Crippen LogP contribution < -0.4 is 10.2 Å². The maximum absolute atomic E-state index is 13.8. The van der Waals surface area contributed by atoms with Crippen molar-refractivity contribution in [3.8, 4) is 16.9 Å². The summed E-state index contributed by atoms with van der Waals surface area (Å²) in [6.45, 7) is 2.02. The highest BCUT2D eigenvalue weighted by molar-refractivity contribution is 6.01. The predicted octanol–water partition coefficient (Wildman–Crippen LogP) is 6.23. The normalized spacial score (nSPS) is 11.2. The quantitative estimate of drug-likeness (QED) is 0.275. The molecule has 0 unspecified atom stereocenters. The lowest BCUT2D eigenvalue weighted by atomic mass is 10.0. The van der Waals surface area contributed by atoms with Crippen LogP contribution in [0.5, 0.6) is 5.75 Å². The number of amides is 1. The molecule has 164 valence electrons. The van der Waals surface area contributed by atoms with Gasteiger partial charge in [0.05, 0.1) is 5.71 Å². The molecule has 0 saturated carbocycles. The Labute approximate surface area is 192 Å². The van der Waals surface area contributed by atoms with Crippen molar-refractivity contribution in [2.24, 2.45) is 5.10 Å². The van der Waals surface area contributed by atoms with Crippen LogP contribution in [0.4, 0.5) is 4.39 Å². The summed E-state index contributed by atoms with van der Waals surface area (Å²) in [4.78, 5) is 12.4. The van der Waals surface area contributed by atoms with E-state index >= 15 is 0 Å². The zero-order valence-electron chi connectivity index (χ0n) is 18.2. The van der Waals surface area contributed by atoms with Crippen LogP contribution in [0.2, 0.25) is 0 Å². The van der Waals surface area contributed by atoms with Gasteiger partial charge in [0.1, 0.15) is 18.2 Å². The molecule has 4 rings (SSSR count). The van der Waals surface area contributed by atoms with Crippen molar-refractivity contribution in [3.63, 3.8) is 0 Å². The Balaban J connectivity index is 1.39. The van der Waals surface area contributed by atoms with Gasteiger partial charge in [-0.3, -0.25) is 4.79 Å². The molecule has 33 heavy (non-hydrogen) atoms. The van der Waals surface area contributed by atoms with Crippen LogP contribution in [0.25, 0.3) is 11.1 Å². The lowest BCUT2D eigenvalue weighted by molar-refractivity contribution is 0.0954. The number of hydrogen-bond donors (Lipinski definition) is 1. The second-order valence-electron chi connectivity index (χ2n) is 7.47. The molecule has 4 aromatic rings. The monoisotopic (exact) mass is 438 g/mol. The molecule has 0 spiro atoms. The Hall–Kier alpha value is -4.25. The van der Waals surface area contributed by atoms with E-state index in [1.54, 1.807) is 37.3 Å². The first-order valence-corrected chi connectivity index (χ1v) is 10.6. The average molecular weight is 439 g/mol. The fraction of sp³-hybridized carbons (Fsp3) is 0.0714. The number of para-hydroxylation sites is 1. The van der Waals surface area contributed by atoms with Gasteiger partial charge in [0, 0.05) is 16.7 Å². The van der Waals surface area contributed by atoms with Crippen molar-refractivity contribution in [2.45, 2.75) is 13.5 Å². The van der Waals surface area contributed by atoms with E-state index in [2.05, 4.69) is 10.5 Å². The predicted molar refractivity (Wildman–Crippen MR) is 129 cm³/mol. The third-order valence-electron chi connectivity index (χ3n) is 5.17. The van der Waals surface area contributed by atoms with E-state index in [-0.39, 0.29) is 11.7 Å². The number of nitrogens with zero attached hydrogens (tertiary/aromatic N) is 1. The highest BCUT2D eigenvalue weighted by Crippen LogP contribution is 2.30. The van der Waals surface area contributed by atoms with Crippen molar-refractivity contribution in [3.05, 3.63) is 126 Å². The minimum atomic E-state index is -0.383. The van der Waals surface area contributed by atoms with Gasteiger partial charge in [-0.2, -0.15) is 5.10 Å². The second kappa shape index (κ2) is 10.4. The number of hydrogen-bond acceptors (Lipinski definition) is 3. The van der Waals surface area contributed by atoms with E-state index in [4.69, 9.17) is 4.74 Å². The van der Waals surface area contributed by atoms with Gasteiger partial charge in [0.25, 0.3) is 5.91 Å². The largest absolute Gasteiger partial charge is 0.488 e. The van der Waals surface area contributed by atoms with Crippen LogP contribution in [-0.4, -0.2) is 11.6 Å². The van der Waals surface area contributed by atoms with E-state index in [0.717, 1.165) is 22.4 Å².